The van der Waals surface area contributed by atoms with E-state index in [0.29, 0.717) is 15.6 Å². The summed E-state index contributed by atoms with van der Waals surface area (Å²) in [5, 5.41) is 17.9. The molecule has 0 fully saturated rings. The number of hydrogen-bond acceptors (Lipinski definition) is 4. The minimum atomic E-state index is -0.930. The third-order valence-electron chi connectivity index (χ3n) is 2.69. The third-order valence-corrected chi connectivity index (χ3v) is 3.97. The molecular weight excluding hydrogens is 250 g/mol. The Hall–Kier alpha value is -1.82. The van der Waals surface area contributed by atoms with Gasteiger partial charge in [0, 0.05) is 11.9 Å². The molecule has 94 valence electrons. The van der Waals surface area contributed by atoms with Gasteiger partial charge in [-0.3, -0.25) is 0 Å². The normalized spacial score (nSPS) is 10.6. The van der Waals surface area contributed by atoms with Gasteiger partial charge in [0.2, 0.25) is 0 Å². The Labute approximate surface area is 109 Å². The number of carboxylic acid groups (broad SMARTS) is 1. The molecule has 18 heavy (non-hydrogen) atoms. The highest BCUT2D eigenvalue weighted by Crippen LogP contribution is 2.32. The molecule has 0 aliphatic rings. The van der Waals surface area contributed by atoms with E-state index in [2.05, 4.69) is 10.2 Å². The summed E-state index contributed by atoms with van der Waals surface area (Å²) in [7, 11) is 1.86. The van der Waals surface area contributed by atoms with Gasteiger partial charge < -0.3 is 9.67 Å². The summed E-state index contributed by atoms with van der Waals surface area (Å²) in [6, 6.07) is 5.23. The zero-order chi connectivity index (χ0) is 13.3. The van der Waals surface area contributed by atoms with Crippen molar-refractivity contribution >= 4 is 17.7 Å². The van der Waals surface area contributed by atoms with E-state index >= 15 is 0 Å². The molecule has 0 radical (unpaired) electrons. The van der Waals surface area contributed by atoms with Crippen molar-refractivity contribution in [3.8, 4) is 0 Å². The molecule has 0 aliphatic carbocycles. The summed E-state index contributed by atoms with van der Waals surface area (Å²) >= 11 is 1.33. The van der Waals surface area contributed by atoms with Gasteiger partial charge in [-0.25, -0.2) is 4.79 Å². The molecule has 0 spiro atoms. The fraction of sp³-hybridized carbons (Fsp3) is 0.250. The minimum absolute atomic E-state index is 0.292. The van der Waals surface area contributed by atoms with Gasteiger partial charge >= 0.3 is 5.97 Å². The lowest BCUT2D eigenvalue weighted by Gasteiger charge is -2.08. The van der Waals surface area contributed by atoms with Crippen LogP contribution in [0.3, 0.4) is 0 Å². The largest absolute Gasteiger partial charge is 0.478 e. The van der Waals surface area contributed by atoms with Crippen LogP contribution in [0.15, 0.2) is 28.3 Å². The van der Waals surface area contributed by atoms with E-state index in [1.807, 2.05) is 31.5 Å². The third kappa shape index (κ3) is 2.24. The molecule has 5 nitrogen and oxygen atoms in total. The van der Waals surface area contributed by atoms with Gasteiger partial charge in [-0.1, -0.05) is 12.1 Å². The average molecular weight is 263 g/mol. The van der Waals surface area contributed by atoms with Gasteiger partial charge in [-0.05, 0) is 37.2 Å². The van der Waals surface area contributed by atoms with Crippen LogP contribution in [-0.2, 0) is 7.05 Å². The highest BCUT2D eigenvalue weighted by molar-refractivity contribution is 7.99. The molecule has 0 aliphatic heterocycles. The first kappa shape index (κ1) is 12.6. The van der Waals surface area contributed by atoms with Gasteiger partial charge in [0.15, 0.2) is 5.16 Å². The lowest BCUT2D eigenvalue weighted by molar-refractivity contribution is 0.0693. The Bertz CT molecular complexity index is 607. The summed E-state index contributed by atoms with van der Waals surface area (Å²) < 4.78 is 1.84. The topological polar surface area (TPSA) is 68.0 Å². The molecule has 0 saturated heterocycles. The molecule has 2 rings (SSSR count). The molecule has 1 N–H and O–H groups in total. The molecule has 0 amide bonds. The van der Waals surface area contributed by atoms with Crippen molar-refractivity contribution in [2.45, 2.75) is 23.9 Å². The van der Waals surface area contributed by atoms with E-state index in [1.54, 1.807) is 12.1 Å². The van der Waals surface area contributed by atoms with E-state index < -0.39 is 5.97 Å². The van der Waals surface area contributed by atoms with E-state index in [4.69, 9.17) is 0 Å². The first-order valence-electron chi connectivity index (χ1n) is 5.37. The van der Waals surface area contributed by atoms with E-state index in [0.717, 1.165) is 11.4 Å². The van der Waals surface area contributed by atoms with Gasteiger partial charge in [0.05, 0.1) is 5.56 Å². The summed E-state index contributed by atoms with van der Waals surface area (Å²) in [6.45, 7) is 3.74. The Morgan fingerprint density at radius 3 is 2.61 bits per heavy atom. The predicted octanol–water partition coefficient (Wildman–Crippen LogP) is 2.28. The van der Waals surface area contributed by atoms with Crippen molar-refractivity contribution in [2.75, 3.05) is 0 Å². The fourth-order valence-electron chi connectivity index (χ4n) is 1.52. The molecule has 2 aromatic rings. The Morgan fingerprint density at radius 1 is 1.33 bits per heavy atom. The first-order valence-corrected chi connectivity index (χ1v) is 6.19. The standard InChI is InChI=1S/C12H13N3O2S/c1-7-5-4-6-9(11(16)17)10(7)18-12-14-13-8(2)15(12)3/h4-6H,1-3H3,(H,16,17). The van der Waals surface area contributed by atoms with Crippen LogP contribution in [0.1, 0.15) is 21.7 Å². The highest BCUT2D eigenvalue weighted by Gasteiger charge is 2.16. The zero-order valence-electron chi connectivity index (χ0n) is 10.3. The molecule has 1 heterocycles. The second kappa shape index (κ2) is 4.81. The Kier molecular flexibility index (Phi) is 3.38. The van der Waals surface area contributed by atoms with Crippen LogP contribution < -0.4 is 0 Å². The Morgan fingerprint density at radius 2 is 2.06 bits per heavy atom. The number of aromatic nitrogens is 3. The average Bonchev–Trinajstić information content (AvgIpc) is 2.63. The van der Waals surface area contributed by atoms with Gasteiger partial charge in [-0.2, -0.15) is 0 Å². The Balaban J connectivity index is 2.46. The maximum absolute atomic E-state index is 11.2. The molecule has 1 aromatic carbocycles. The van der Waals surface area contributed by atoms with Crippen LogP contribution in [0.4, 0.5) is 0 Å². The number of carbonyl (C=O) groups is 1. The van der Waals surface area contributed by atoms with Crippen LogP contribution in [0.25, 0.3) is 0 Å². The van der Waals surface area contributed by atoms with Crippen molar-refractivity contribution < 1.29 is 9.90 Å². The maximum atomic E-state index is 11.2. The second-order valence-corrected chi connectivity index (χ2v) is 4.93. The van der Waals surface area contributed by atoms with Crippen LogP contribution in [0.5, 0.6) is 0 Å². The van der Waals surface area contributed by atoms with Crippen molar-refractivity contribution in [1.82, 2.24) is 14.8 Å². The fourth-order valence-corrected chi connectivity index (χ4v) is 2.55. The van der Waals surface area contributed by atoms with Crippen molar-refractivity contribution in [1.29, 1.82) is 0 Å². The molecule has 6 heteroatoms. The number of benzene rings is 1. The lowest BCUT2D eigenvalue weighted by Crippen LogP contribution is -2.01. The van der Waals surface area contributed by atoms with Gasteiger partial charge in [-0.15, -0.1) is 10.2 Å². The number of rotatable bonds is 3. The minimum Gasteiger partial charge on any atom is -0.478 e. The predicted molar refractivity (Wildman–Crippen MR) is 68.0 cm³/mol. The number of aromatic carboxylic acids is 1. The lowest BCUT2D eigenvalue weighted by atomic mass is 10.1. The molecular formula is C12H13N3O2S. The van der Waals surface area contributed by atoms with Crippen LogP contribution in [0, 0.1) is 13.8 Å². The molecule has 0 unspecified atom stereocenters. The van der Waals surface area contributed by atoms with E-state index in [1.165, 1.54) is 11.8 Å². The van der Waals surface area contributed by atoms with Gasteiger partial charge in [0.1, 0.15) is 5.82 Å². The van der Waals surface area contributed by atoms with Crippen molar-refractivity contribution in [3.63, 3.8) is 0 Å². The van der Waals surface area contributed by atoms with Crippen LogP contribution >= 0.6 is 11.8 Å². The van der Waals surface area contributed by atoms with Crippen molar-refractivity contribution in [2.24, 2.45) is 7.05 Å². The summed E-state index contributed by atoms with van der Waals surface area (Å²) in [5.41, 5.74) is 1.21. The summed E-state index contributed by atoms with van der Waals surface area (Å²) in [6.07, 6.45) is 0. The molecule has 0 saturated carbocycles. The molecule has 1 aromatic heterocycles. The second-order valence-electron chi connectivity index (χ2n) is 3.95. The molecule has 0 bridgehead atoms. The maximum Gasteiger partial charge on any atom is 0.336 e. The van der Waals surface area contributed by atoms with Crippen molar-refractivity contribution in [3.05, 3.63) is 35.2 Å². The highest BCUT2D eigenvalue weighted by atomic mass is 32.2. The summed E-state index contributed by atoms with van der Waals surface area (Å²) in [5.74, 6) is -0.136. The first-order chi connectivity index (χ1) is 8.50. The zero-order valence-corrected chi connectivity index (χ0v) is 11.2. The van der Waals surface area contributed by atoms with Crippen LogP contribution in [-0.4, -0.2) is 25.8 Å². The van der Waals surface area contributed by atoms with E-state index in [9.17, 15) is 9.90 Å². The quantitative estimate of drug-likeness (QED) is 0.920. The monoisotopic (exact) mass is 263 g/mol. The SMILES string of the molecule is Cc1cccc(C(=O)O)c1Sc1nnc(C)n1C. The van der Waals surface area contributed by atoms with E-state index in [-0.39, 0.29) is 0 Å². The van der Waals surface area contributed by atoms with Crippen LogP contribution in [0.2, 0.25) is 0 Å². The number of carboxylic acids is 1. The van der Waals surface area contributed by atoms with Gasteiger partial charge in [0.25, 0.3) is 0 Å². The smallest absolute Gasteiger partial charge is 0.336 e. The number of nitrogens with zero attached hydrogens (tertiary/aromatic N) is 3. The number of hydrogen-bond donors (Lipinski definition) is 1. The summed E-state index contributed by atoms with van der Waals surface area (Å²) in [4.78, 5) is 11.9. The number of aryl methyl sites for hydroxylation is 2. The molecule has 0 atom stereocenters.